The van der Waals surface area contributed by atoms with Crippen LogP contribution in [0.2, 0.25) is 0 Å². The van der Waals surface area contributed by atoms with Gasteiger partial charge in [0.2, 0.25) is 10.0 Å². The molecule has 0 amide bonds. The summed E-state index contributed by atoms with van der Waals surface area (Å²) < 4.78 is 26.3. The second kappa shape index (κ2) is 8.85. The Morgan fingerprint density at radius 3 is 2.22 bits per heavy atom. The maximum absolute atomic E-state index is 11.8. The molecule has 0 aromatic carbocycles. The third-order valence-electron chi connectivity index (χ3n) is 3.23. The van der Waals surface area contributed by atoms with E-state index in [2.05, 4.69) is 23.5 Å². The quantitative estimate of drug-likeness (QED) is 0.619. The third kappa shape index (κ3) is 6.68. The van der Waals surface area contributed by atoms with Gasteiger partial charge >= 0.3 is 0 Å². The van der Waals surface area contributed by atoms with Crippen LogP contribution >= 0.6 is 0 Å². The molecular weight excluding hydrogens is 250 g/mol. The first-order valence-electron chi connectivity index (χ1n) is 6.80. The van der Waals surface area contributed by atoms with E-state index in [1.807, 2.05) is 6.92 Å². The topological polar surface area (TPSA) is 75.4 Å². The lowest BCUT2D eigenvalue weighted by atomic mass is 10.2. The fraction of sp³-hybridized carbons (Fsp3) is 1.00. The van der Waals surface area contributed by atoms with Crippen LogP contribution in [-0.2, 0) is 10.0 Å². The predicted octanol–water partition coefficient (Wildman–Crippen LogP) is 0.764. The van der Waals surface area contributed by atoms with Crippen molar-refractivity contribution in [3.05, 3.63) is 0 Å². The number of rotatable bonds is 10. The van der Waals surface area contributed by atoms with Gasteiger partial charge in [-0.1, -0.05) is 13.8 Å². The summed E-state index contributed by atoms with van der Waals surface area (Å²) in [5, 5.41) is -0.525. The third-order valence-corrected chi connectivity index (χ3v) is 5.22. The first kappa shape index (κ1) is 17.8. The summed E-state index contributed by atoms with van der Waals surface area (Å²) in [4.78, 5) is 2.34. The van der Waals surface area contributed by atoms with Crippen LogP contribution in [0, 0.1) is 0 Å². The summed E-state index contributed by atoms with van der Waals surface area (Å²) in [6.07, 6.45) is 1.86. The minimum Gasteiger partial charge on any atom is -0.329 e. The molecule has 110 valence electrons. The zero-order valence-corrected chi connectivity index (χ0v) is 13.0. The molecule has 0 radical (unpaired) electrons. The highest BCUT2D eigenvalue weighted by molar-refractivity contribution is 7.90. The summed E-state index contributed by atoms with van der Waals surface area (Å²) in [5.41, 5.74) is 5.38. The van der Waals surface area contributed by atoms with E-state index in [0.29, 0.717) is 0 Å². The highest BCUT2D eigenvalue weighted by Crippen LogP contribution is 2.04. The molecule has 0 aliphatic rings. The van der Waals surface area contributed by atoms with Gasteiger partial charge in [0, 0.05) is 12.6 Å². The van der Waals surface area contributed by atoms with Crippen LogP contribution in [0.4, 0.5) is 0 Å². The Labute approximate surface area is 112 Å². The van der Waals surface area contributed by atoms with Gasteiger partial charge in [-0.05, 0) is 46.3 Å². The first-order valence-corrected chi connectivity index (χ1v) is 8.35. The van der Waals surface area contributed by atoms with E-state index in [1.54, 1.807) is 6.92 Å². The van der Waals surface area contributed by atoms with Crippen molar-refractivity contribution in [2.45, 2.75) is 51.8 Å². The number of nitrogens with one attached hydrogen (secondary N) is 1. The molecule has 2 unspecified atom stereocenters. The van der Waals surface area contributed by atoms with Crippen LogP contribution in [0.25, 0.3) is 0 Å². The van der Waals surface area contributed by atoms with Crippen molar-refractivity contribution < 1.29 is 8.42 Å². The largest absolute Gasteiger partial charge is 0.329 e. The summed E-state index contributed by atoms with van der Waals surface area (Å²) in [6.45, 7) is 11.1. The molecule has 0 rings (SSSR count). The molecule has 0 aromatic rings. The van der Waals surface area contributed by atoms with Crippen molar-refractivity contribution in [1.82, 2.24) is 9.62 Å². The van der Waals surface area contributed by atoms with Gasteiger partial charge in [-0.3, -0.25) is 0 Å². The fourth-order valence-corrected chi connectivity index (χ4v) is 2.91. The molecule has 0 aromatic heterocycles. The maximum atomic E-state index is 11.8. The van der Waals surface area contributed by atoms with E-state index >= 15 is 0 Å². The molecule has 18 heavy (non-hydrogen) atoms. The van der Waals surface area contributed by atoms with Crippen LogP contribution in [-0.4, -0.2) is 50.8 Å². The van der Waals surface area contributed by atoms with Gasteiger partial charge in [0.25, 0.3) is 0 Å². The van der Waals surface area contributed by atoms with Gasteiger partial charge in [-0.15, -0.1) is 0 Å². The van der Waals surface area contributed by atoms with Gasteiger partial charge in [-0.25, -0.2) is 13.1 Å². The second-order valence-electron chi connectivity index (χ2n) is 4.78. The number of nitrogens with two attached hydrogens (primary N) is 1. The van der Waals surface area contributed by atoms with Crippen LogP contribution in [0.1, 0.15) is 40.5 Å². The average Bonchev–Trinajstić information content (AvgIpc) is 2.32. The van der Waals surface area contributed by atoms with Gasteiger partial charge in [-0.2, -0.15) is 0 Å². The van der Waals surface area contributed by atoms with Gasteiger partial charge < -0.3 is 10.6 Å². The highest BCUT2D eigenvalue weighted by Gasteiger charge is 2.21. The van der Waals surface area contributed by atoms with Crippen molar-refractivity contribution in [3.63, 3.8) is 0 Å². The Morgan fingerprint density at radius 2 is 1.78 bits per heavy atom. The Hall–Kier alpha value is -0.170. The molecule has 3 N–H and O–H groups in total. The van der Waals surface area contributed by atoms with E-state index in [1.165, 1.54) is 0 Å². The Kier molecular flexibility index (Phi) is 8.77. The summed E-state index contributed by atoms with van der Waals surface area (Å²) in [7, 11) is -3.26. The molecule has 0 spiro atoms. The first-order chi connectivity index (χ1) is 8.37. The molecule has 0 aliphatic heterocycles. The molecule has 0 saturated heterocycles. The Bertz CT molecular complexity index is 302. The summed E-state index contributed by atoms with van der Waals surface area (Å²) in [5.74, 6) is 0. The van der Waals surface area contributed by atoms with E-state index in [4.69, 9.17) is 5.73 Å². The van der Waals surface area contributed by atoms with Crippen LogP contribution in [0.5, 0.6) is 0 Å². The summed E-state index contributed by atoms with van der Waals surface area (Å²) >= 11 is 0. The lowest BCUT2D eigenvalue weighted by Gasteiger charge is -2.20. The zero-order chi connectivity index (χ0) is 14.2. The number of hydrogen-bond donors (Lipinski definition) is 2. The van der Waals surface area contributed by atoms with Crippen LogP contribution in [0.3, 0.4) is 0 Å². The zero-order valence-electron chi connectivity index (χ0n) is 12.1. The molecule has 6 heteroatoms. The Morgan fingerprint density at radius 1 is 1.22 bits per heavy atom. The number of sulfonamides is 1. The van der Waals surface area contributed by atoms with E-state index in [-0.39, 0.29) is 12.6 Å². The molecule has 0 bridgehead atoms. The fourth-order valence-electron chi connectivity index (χ4n) is 1.74. The van der Waals surface area contributed by atoms with Gasteiger partial charge in [0.15, 0.2) is 0 Å². The minimum atomic E-state index is -3.26. The molecule has 5 nitrogen and oxygen atoms in total. The van der Waals surface area contributed by atoms with Gasteiger partial charge in [0.1, 0.15) is 0 Å². The normalized spacial score (nSPS) is 15.9. The van der Waals surface area contributed by atoms with E-state index in [0.717, 1.165) is 32.5 Å². The van der Waals surface area contributed by atoms with Crippen LogP contribution in [0.15, 0.2) is 0 Å². The van der Waals surface area contributed by atoms with Crippen LogP contribution < -0.4 is 10.5 Å². The van der Waals surface area contributed by atoms with Gasteiger partial charge in [0.05, 0.1) is 5.25 Å². The summed E-state index contributed by atoms with van der Waals surface area (Å²) in [6, 6.07) is -0.0282. The molecule has 0 heterocycles. The molecule has 0 fully saturated rings. The lowest BCUT2D eigenvalue weighted by molar-refractivity contribution is 0.293. The molecule has 2 atom stereocenters. The number of hydrogen-bond acceptors (Lipinski definition) is 4. The van der Waals surface area contributed by atoms with Crippen molar-refractivity contribution in [3.8, 4) is 0 Å². The minimum absolute atomic E-state index is 0.0282. The standard InChI is InChI=1S/C12H29N3O2S/c1-5-15(6-2)9-7-8-11(3)14-18(16,17)12(4)10-13/h11-12,14H,5-10,13H2,1-4H3. The van der Waals surface area contributed by atoms with Crippen molar-refractivity contribution in [1.29, 1.82) is 0 Å². The Balaban J connectivity index is 4.01. The SMILES string of the molecule is CCN(CC)CCCC(C)NS(=O)(=O)C(C)CN. The maximum Gasteiger partial charge on any atom is 0.215 e. The van der Waals surface area contributed by atoms with Crippen molar-refractivity contribution in [2.75, 3.05) is 26.2 Å². The van der Waals surface area contributed by atoms with Crippen molar-refractivity contribution in [2.24, 2.45) is 5.73 Å². The second-order valence-corrected chi connectivity index (χ2v) is 6.91. The molecule has 0 aliphatic carbocycles. The lowest BCUT2D eigenvalue weighted by Crippen LogP contribution is -2.41. The molecular formula is C12H29N3O2S. The highest BCUT2D eigenvalue weighted by atomic mass is 32.2. The van der Waals surface area contributed by atoms with E-state index < -0.39 is 15.3 Å². The van der Waals surface area contributed by atoms with Crippen molar-refractivity contribution >= 4 is 10.0 Å². The smallest absolute Gasteiger partial charge is 0.215 e. The monoisotopic (exact) mass is 279 g/mol. The average molecular weight is 279 g/mol. The predicted molar refractivity (Wildman–Crippen MR) is 77.1 cm³/mol. The van der Waals surface area contributed by atoms with E-state index in [9.17, 15) is 8.42 Å². The molecule has 0 saturated carbocycles. The number of nitrogens with zero attached hydrogens (tertiary/aromatic N) is 1.